The number of nitrogen functional groups attached to an aromatic ring is 2. The van der Waals surface area contributed by atoms with Crippen molar-refractivity contribution in [2.75, 3.05) is 24.8 Å². The number of halogens is 1. The second kappa shape index (κ2) is 9.33. The van der Waals surface area contributed by atoms with Gasteiger partial charge in [0.25, 0.3) is 0 Å². The fourth-order valence-electron chi connectivity index (χ4n) is 2.70. The Balaban J connectivity index is 0.00000256. The SMILES string of the molecule is COc1ccc(OCc2cnc(N)nc2N)c(-c2cc3cnc(SC)nc3s2)c1.Cl. The predicted molar refractivity (Wildman–Crippen MR) is 124 cm³/mol. The molecule has 0 saturated carbocycles. The number of ether oxygens (including phenoxy) is 2. The summed E-state index contributed by atoms with van der Waals surface area (Å²) in [5, 5.41) is 1.72. The Labute approximate surface area is 187 Å². The molecule has 11 heteroatoms. The fraction of sp³-hybridized carbons (Fsp3) is 0.158. The molecule has 4 rings (SSSR count). The number of fused-ring (bicyclic) bond motifs is 1. The first-order valence-electron chi connectivity index (χ1n) is 8.56. The Bertz CT molecular complexity index is 1190. The van der Waals surface area contributed by atoms with Crippen LogP contribution in [0.25, 0.3) is 20.7 Å². The maximum Gasteiger partial charge on any atom is 0.221 e. The third-order valence-electron chi connectivity index (χ3n) is 4.19. The predicted octanol–water partition coefficient (Wildman–Crippen LogP) is 4.04. The van der Waals surface area contributed by atoms with Gasteiger partial charge in [-0.05, 0) is 30.5 Å². The summed E-state index contributed by atoms with van der Waals surface area (Å²) in [5.41, 5.74) is 13.0. The molecule has 0 aliphatic heterocycles. The largest absolute Gasteiger partial charge is 0.497 e. The average molecular weight is 463 g/mol. The number of anilines is 2. The molecule has 0 fully saturated rings. The molecule has 0 aliphatic carbocycles. The van der Waals surface area contributed by atoms with Crippen LogP contribution < -0.4 is 20.9 Å². The Morgan fingerprint density at radius 1 is 1.10 bits per heavy atom. The van der Waals surface area contributed by atoms with E-state index in [0.29, 0.717) is 17.1 Å². The Morgan fingerprint density at radius 2 is 1.93 bits per heavy atom. The molecule has 0 bridgehead atoms. The standard InChI is InChI=1S/C19H18N6O2S2.ClH/c1-26-12-3-4-14(27-9-11-8-22-18(21)24-16(11)20)13(6-12)15-5-10-7-23-19(28-2)25-17(10)29-15;/h3-8H,9H2,1-2H3,(H4,20,21,22,24);1H. The van der Waals surface area contributed by atoms with E-state index < -0.39 is 0 Å². The van der Waals surface area contributed by atoms with Crippen molar-refractivity contribution in [2.24, 2.45) is 0 Å². The number of aromatic nitrogens is 4. The van der Waals surface area contributed by atoms with Crippen LogP contribution in [0.4, 0.5) is 11.8 Å². The molecular weight excluding hydrogens is 444 g/mol. The molecule has 1 aromatic carbocycles. The number of thioether (sulfide) groups is 1. The molecule has 0 unspecified atom stereocenters. The summed E-state index contributed by atoms with van der Waals surface area (Å²) in [7, 11) is 1.63. The van der Waals surface area contributed by atoms with Gasteiger partial charge in [0.05, 0.1) is 12.7 Å². The summed E-state index contributed by atoms with van der Waals surface area (Å²) in [6.07, 6.45) is 5.36. The summed E-state index contributed by atoms with van der Waals surface area (Å²) in [4.78, 5) is 18.8. The van der Waals surface area contributed by atoms with Crippen molar-refractivity contribution >= 4 is 57.5 Å². The normalized spacial score (nSPS) is 10.6. The lowest BCUT2D eigenvalue weighted by molar-refractivity contribution is 0.307. The van der Waals surface area contributed by atoms with Gasteiger partial charge in [0.15, 0.2) is 5.16 Å². The van der Waals surface area contributed by atoms with Crippen molar-refractivity contribution in [3.8, 4) is 21.9 Å². The van der Waals surface area contributed by atoms with Gasteiger partial charge in [-0.15, -0.1) is 23.7 Å². The van der Waals surface area contributed by atoms with E-state index >= 15 is 0 Å². The van der Waals surface area contributed by atoms with Crippen molar-refractivity contribution < 1.29 is 9.47 Å². The smallest absolute Gasteiger partial charge is 0.221 e. The minimum absolute atomic E-state index is 0. The van der Waals surface area contributed by atoms with E-state index in [1.807, 2.05) is 36.7 Å². The maximum absolute atomic E-state index is 6.05. The first-order chi connectivity index (χ1) is 14.1. The van der Waals surface area contributed by atoms with Gasteiger partial charge in [-0.1, -0.05) is 11.8 Å². The number of thiophene rings is 1. The van der Waals surface area contributed by atoms with Crippen LogP contribution >= 0.6 is 35.5 Å². The van der Waals surface area contributed by atoms with Gasteiger partial charge >= 0.3 is 0 Å². The summed E-state index contributed by atoms with van der Waals surface area (Å²) in [5.74, 6) is 1.85. The first kappa shape index (κ1) is 21.9. The van der Waals surface area contributed by atoms with Crippen molar-refractivity contribution in [3.05, 3.63) is 42.2 Å². The van der Waals surface area contributed by atoms with Crippen LogP contribution in [-0.4, -0.2) is 33.3 Å². The first-order valence-corrected chi connectivity index (χ1v) is 10.6. The number of hydrogen-bond acceptors (Lipinski definition) is 10. The van der Waals surface area contributed by atoms with E-state index in [1.54, 1.807) is 24.6 Å². The average Bonchev–Trinajstić information content (AvgIpc) is 3.16. The number of hydrogen-bond donors (Lipinski definition) is 2. The second-order valence-corrected chi connectivity index (χ2v) is 7.82. The van der Waals surface area contributed by atoms with Crippen LogP contribution in [0.5, 0.6) is 11.5 Å². The number of nitrogens with two attached hydrogens (primary N) is 2. The van der Waals surface area contributed by atoms with Gasteiger partial charge < -0.3 is 20.9 Å². The fourth-order valence-corrected chi connectivity index (χ4v) is 4.13. The maximum atomic E-state index is 6.05. The van der Waals surface area contributed by atoms with Crippen molar-refractivity contribution in [1.29, 1.82) is 0 Å². The molecule has 4 N–H and O–H groups in total. The van der Waals surface area contributed by atoms with Crippen molar-refractivity contribution in [3.63, 3.8) is 0 Å². The van der Waals surface area contributed by atoms with Gasteiger partial charge in [-0.25, -0.2) is 15.0 Å². The molecule has 0 spiro atoms. The van der Waals surface area contributed by atoms with Gasteiger partial charge in [0, 0.05) is 28.2 Å². The molecule has 0 saturated heterocycles. The molecule has 3 aromatic heterocycles. The molecule has 0 atom stereocenters. The second-order valence-electron chi connectivity index (χ2n) is 6.02. The van der Waals surface area contributed by atoms with Gasteiger partial charge in [-0.3, -0.25) is 0 Å². The minimum atomic E-state index is 0. The Hall–Kier alpha value is -2.82. The molecule has 8 nitrogen and oxygen atoms in total. The lowest BCUT2D eigenvalue weighted by Crippen LogP contribution is -2.06. The number of nitrogens with zero attached hydrogens (tertiary/aromatic N) is 4. The summed E-state index contributed by atoms with van der Waals surface area (Å²) >= 11 is 3.09. The van der Waals surface area contributed by atoms with Crippen LogP contribution in [0, 0.1) is 0 Å². The van der Waals surface area contributed by atoms with Crippen LogP contribution in [0.15, 0.2) is 41.8 Å². The van der Waals surface area contributed by atoms with Crippen LogP contribution in [-0.2, 0) is 6.61 Å². The van der Waals surface area contributed by atoms with E-state index in [9.17, 15) is 0 Å². The molecule has 4 aromatic rings. The van der Waals surface area contributed by atoms with Crippen LogP contribution in [0.2, 0.25) is 0 Å². The zero-order valence-corrected chi connectivity index (χ0v) is 18.6. The number of rotatable bonds is 6. The van der Waals surface area contributed by atoms with Crippen LogP contribution in [0.1, 0.15) is 5.56 Å². The minimum Gasteiger partial charge on any atom is -0.497 e. The highest BCUT2D eigenvalue weighted by Gasteiger charge is 2.14. The molecule has 3 heterocycles. The topological polar surface area (TPSA) is 122 Å². The molecule has 0 amide bonds. The van der Waals surface area contributed by atoms with Gasteiger partial charge in [-0.2, -0.15) is 4.98 Å². The Kier molecular flexibility index (Phi) is 6.80. The third kappa shape index (κ3) is 4.50. The third-order valence-corrected chi connectivity index (χ3v) is 5.83. The van der Waals surface area contributed by atoms with Gasteiger partial charge in [0.2, 0.25) is 5.95 Å². The number of benzene rings is 1. The monoisotopic (exact) mass is 462 g/mol. The Morgan fingerprint density at radius 3 is 2.67 bits per heavy atom. The highest BCUT2D eigenvalue weighted by Crippen LogP contribution is 2.40. The van der Waals surface area contributed by atoms with E-state index in [1.165, 1.54) is 11.8 Å². The van der Waals surface area contributed by atoms with Crippen molar-refractivity contribution in [2.45, 2.75) is 11.8 Å². The van der Waals surface area contributed by atoms with E-state index in [0.717, 1.165) is 31.6 Å². The van der Waals surface area contributed by atoms with E-state index in [2.05, 4.69) is 19.9 Å². The number of methoxy groups -OCH3 is 1. The summed E-state index contributed by atoms with van der Waals surface area (Å²) < 4.78 is 11.4. The van der Waals surface area contributed by atoms with E-state index in [-0.39, 0.29) is 25.0 Å². The zero-order valence-electron chi connectivity index (χ0n) is 16.2. The summed E-state index contributed by atoms with van der Waals surface area (Å²) in [6.45, 7) is 0.215. The molecule has 156 valence electrons. The summed E-state index contributed by atoms with van der Waals surface area (Å²) in [6, 6.07) is 7.70. The molecule has 30 heavy (non-hydrogen) atoms. The van der Waals surface area contributed by atoms with Crippen LogP contribution in [0.3, 0.4) is 0 Å². The molecular formula is C19H19ClN6O2S2. The lowest BCUT2D eigenvalue weighted by Gasteiger charge is -2.13. The van der Waals surface area contributed by atoms with Crippen molar-refractivity contribution in [1.82, 2.24) is 19.9 Å². The quantitative estimate of drug-likeness (QED) is 0.322. The molecule has 0 radical (unpaired) electrons. The lowest BCUT2D eigenvalue weighted by atomic mass is 10.1. The molecule has 0 aliphatic rings. The highest BCUT2D eigenvalue weighted by molar-refractivity contribution is 7.98. The van der Waals surface area contributed by atoms with Gasteiger partial charge in [0.1, 0.15) is 28.8 Å². The van der Waals surface area contributed by atoms with E-state index in [4.69, 9.17) is 20.9 Å². The highest BCUT2D eigenvalue weighted by atomic mass is 35.5. The zero-order chi connectivity index (χ0) is 20.4.